The Kier molecular flexibility index (Phi) is 3.89. The van der Waals surface area contributed by atoms with Crippen LogP contribution in [0.3, 0.4) is 0 Å². The van der Waals surface area contributed by atoms with Crippen molar-refractivity contribution in [3.05, 3.63) is 30.1 Å². The maximum atomic E-state index is 14.6. The van der Waals surface area contributed by atoms with Crippen molar-refractivity contribution in [2.24, 2.45) is 5.41 Å². The van der Waals surface area contributed by atoms with Crippen LogP contribution in [0.2, 0.25) is 0 Å². The van der Waals surface area contributed by atoms with Gasteiger partial charge in [0.25, 0.3) is 5.89 Å². The molecular weight excluding hydrogens is 361 g/mol. The fourth-order valence-corrected chi connectivity index (χ4v) is 4.04. The predicted octanol–water partition coefficient (Wildman–Crippen LogP) is 3.56. The average molecular weight is 383 g/mol. The molecule has 146 valence electrons. The number of fused-ring (bicyclic) bond motifs is 1. The molecule has 1 spiro atoms. The van der Waals surface area contributed by atoms with Crippen LogP contribution >= 0.6 is 0 Å². The first-order valence-corrected chi connectivity index (χ1v) is 9.70. The fraction of sp³-hybridized carbons (Fsp3) is 0.450. The Morgan fingerprint density at radius 2 is 2.00 bits per heavy atom. The number of hydrogen-bond acceptors (Lipinski definition) is 5. The van der Waals surface area contributed by atoms with Gasteiger partial charge in [-0.25, -0.2) is 4.39 Å². The third kappa shape index (κ3) is 2.93. The Balaban J connectivity index is 1.28. The summed E-state index contributed by atoms with van der Waals surface area (Å²) in [5.74, 6) is -0.367. The molecule has 3 aromatic rings. The van der Waals surface area contributed by atoms with Crippen LogP contribution in [-0.2, 0) is 4.79 Å². The molecular formula is C20H22FN5O2. The predicted molar refractivity (Wildman–Crippen MR) is 102 cm³/mol. The lowest BCUT2D eigenvalue weighted by molar-refractivity contribution is -0.133. The summed E-state index contributed by atoms with van der Waals surface area (Å²) >= 11 is 0. The van der Waals surface area contributed by atoms with Crippen LogP contribution in [-0.4, -0.2) is 45.1 Å². The van der Waals surface area contributed by atoms with Crippen LogP contribution in [0.25, 0.3) is 22.5 Å². The topological polar surface area (TPSA) is 87.0 Å². The molecule has 0 unspecified atom stereocenters. The molecule has 0 bridgehead atoms. The van der Waals surface area contributed by atoms with E-state index >= 15 is 0 Å². The molecule has 1 saturated carbocycles. The van der Waals surface area contributed by atoms with E-state index in [4.69, 9.17) is 4.42 Å². The molecule has 3 heterocycles. The highest BCUT2D eigenvalue weighted by atomic mass is 19.1. The molecule has 2 fully saturated rings. The van der Waals surface area contributed by atoms with Gasteiger partial charge in [-0.1, -0.05) is 17.2 Å². The van der Waals surface area contributed by atoms with E-state index in [9.17, 15) is 9.18 Å². The van der Waals surface area contributed by atoms with E-state index in [0.717, 1.165) is 25.9 Å². The number of carbonyl (C=O) groups excluding carboxylic acids is 1. The molecule has 1 saturated heterocycles. The highest BCUT2D eigenvalue weighted by molar-refractivity contribution is 5.85. The van der Waals surface area contributed by atoms with Crippen molar-refractivity contribution in [2.45, 2.75) is 38.6 Å². The van der Waals surface area contributed by atoms with E-state index in [0.29, 0.717) is 16.3 Å². The SMILES string of the molecule is C[C@@H](Nc1nnc(-c2[nH]c3ccccc3c2F)o1)C(=O)N1CCC2(CC1)CC2. The van der Waals surface area contributed by atoms with Gasteiger partial charge in [-0.15, -0.1) is 5.10 Å². The van der Waals surface area contributed by atoms with Crippen LogP contribution in [0.15, 0.2) is 28.7 Å². The Hall–Kier alpha value is -2.90. The van der Waals surface area contributed by atoms with E-state index in [1.54, 1.807) is 25.1 Å². The number of carbonyl (C=O) groups is 1. The second-order valence-electron chi connectivity index (χ2n) is 7.96. The van der Waals surface area contributed by atoms with Crippen molar-refractivity contribution < 1.29 is 13.6 Å². The minimum absolute atomic E-state index is 0.0204. The lowest BCUT2D eigenvalue weighted by Gasteiger charge is -2.33. The van der Waals surface area contributed by atoms with Gasteiger partial charge >= 0.3 is 6.01 Å². The van der Waals surface area contributed by atoms with Gasteiger partial charge in [0.2, 0.25) is 5.91 Å². The number of rotatable bonds is 4. The Morgan fingerprint density at radius 1 is 1.25 bits per heavy atom. The second-order valence-corrected chi connectivity index (χ2v) is 7.96. The lowest BCUT2D eigenvalue weighted by Crippen LogP contribution is -2.45. The van der Waals surface area contributed by atoms with Crippen molar-refractivity contribution in [3.63, 3.8) is 0 Å². The van der Waals surface area contributed by atoms with Gasteiger partial charge in [-0.05, 0) is 50.2 Å². The molecule has 1 aromatic carbocycles. The van der Waals surface area contributed by atoms with E-state index in [1.165, 1.54) is 12.8 Å². The first-order chi connectivity index (χ1) is 13.5. The van der Waals surface area contributed by atoms with E-state index in [2.05, 4.69) is 20.5 Å². The van der Waals surface area contributed by atoms with Gasteiger partial charge in [-0.2, -0.15) is 0 Å². The second kappa shape index (κ2) is 6.32. The van der Waals surface area contributed by atoms with E-state index in [-0.39, 0.29) is 23.5 Å². The summed E-state index contributed by atoms with van der Waals surface area (Å²) in [6, 6.07) is 6.66. The number of benzene rings is 1. The van der Waals surface area contributed by atoms with E-state index < -0.39 is 11.9 Å². The molecule has 8 heteroatoms. The number of likely N-dealkylation sites (tertiary alicyclic amines) is 1. The number of aromatic nitrogens is 3. The van der Waals surface area contributed by atoms with Crippen LogP contribution in [0.4, 0.5) is 10.4 Å². The number of halogens is 1. The average Bonchev–Trinajstić information content (AvgIpc) is 3.16. The zero-order chi connectivity index (χ0) is 19.3. The number of amides is 1. The summed E-state index contributed by atoms with van der Waals surface area (Å²) < 4.78 is 20.1. The van der Waals surface area contributed by atoms with Gasteiger partial charge in [0.05, 0.1) is 0 Å². The van der Waals surface area contributed by atoms with Crippen LogP contribution in [0, 0.1) is 11.2 Å². The Morgan fingerprint density at radius 3 is 2.71 bits per heavy atom. The number of hydrogen-bond donors (Lipinski definition) is 2. The van der Waals surface area contributed by atoms with Crippen molar-refractivity contribution in [1.82, 2.24) is 20.1 Å². The van der Waals surface area contributed by atoms with Crippen molar-refractivity contribution in [2.75, 3.05) is 18.4 Å². The highest BCUT2D eigenvalue weighted by Crippen LogP contribution is 2.53. The van der Waals surface area contributed by atoms with Crippen LogP contribution < -0.4 is 5.32 Å². The molecule has 2 aromatic heterocycles. The van der Waals surface area contributed by atoms with Crippen molar-refractivity contribution in [1.29, 1.82) is 0 Å². The minimum atomic E-state index is -0.492. The number of nitrogens with one attached hydrogen (secondary N) is 2. The number of piperidine rings is 1. The zero-order valence-electron chi connectivity index (χ0n) is 15.7. The summed E-state index contributed by atoms with van der Waals surface area (Å²) in [5.41, 5.74) is 1.33. The number of aromatic amines is 1. The summed E-state index contributed by atoms with van der Waals surface area (Å²) in [4.78, 5) is 17.5. The first kappa shape index (κ1) is 17.2. The molecule has 2 aliphatic rings. The monoisotopic (exact) mass is 383 g/mol. The third-order valence-electron chi connectivity index (χ3n) is 6.08. The van der Waals surface area contributed by atoms with Gasteiger partial charge in [0.15, 0.2) is 5.82 Å². The smallest absolute Gasteiger partial charge is 0.316 e. The normalized spacial score (nSPS) is 19.1. The molecule has 2 N–H and O–H groups in total. The quantitative estimate of drug-likeness (QED) is 0.719. The molecule has 1 amide bonds. The third-order valence-corrected chi connectivity index (χ3v) is 6.08. The van der Waals surface area contributed by atoms with Crippen molar-refractivity contribution in [3.8, 4) is 11.6 Å². The standard InChI is InChI=1S/C20H22FN5O2/c1-12(18(27)26-10-8-20(6-7-20)9-11-26)22-19-25-24-17(28-19)16-15(21)13-4-2-3-5-14(13)23-16/h2-5,12,23H,6-11H2,1H3,(H,22,25)/t12-/m1/s1. The van der Waals surface area contributed by atoms with Gasteiger partial charge in [0, 0.05) is 24.0 Å². The van der Waals surface area contributed by atoms with Crippen LogP contribution in [0.1, 0.15) is 32.6 Å². The van der Waals surface area contributed by atoms with Gasteiger partial charge in [-0.3, -0.25) is 4.79 Å². The Bertz CT molecular complexity index is 1030. The summed E-state index contributed by atoms with van der Waals surface area (Å²) in [6.07, 6.45) is 4.79. The van der Waals surface area contributed by atoms with E-state index in [1.807, 2.05) is 11.0 Å². The molecule has 1 aliphatic heterocycles. The fourth-order valence-electron chi connectivity index (χ4n) is 4.04. The molecule has 5 rings (SSSR count). The number of anilines is 1. The number of para-hydroxylation sites is 1. The van der Waals surface area contributed by atoms with Crippen molar-refractivity contribution >= 4 is 22.8 Å². The summed E-state index contributed by atoms with van der Waals surface area (Å²) in [7, 11) is 0. The lowest BCUT2D eigenvalue weighted by atomic mass is 9.93. The molecule has 1 atom stereocenters. The minimum Gasteiger partial charge on any atom is -0.402 e. The number of nitrogens with zero attached hydrogens (tertiary/aromatic N) is 3. The molecule has 0 radical (unpaired) electrons. The molecule has 28 heavy (non-hydrogen) atoms. The molecule has 1 aliphatic carbocycles. The largest absolute Gasteiger partial charge is 0.402 e. The summed E-state index contributed by atoms with van der Waals surface area (Å²) in [5, 5.41) is 11.3. The highest BCUT2D eigenvalue weighted by Gasteiger charge is 2.45. The maximum absolute atomic E-state index is 14.6. The van der Waals surface area contributed by atoms with Gasteiger partial charge < -0.3 is 19.6 Å². The zero-order valence-corrected chi connectivity index (χ0v) is 15.7. The molecule has 7 nitrogen and oxygen atoms in total. The summed E-state index contributed by atoms with van der Waals surface area (Å²) in [6.45, 7) is 3.39. The maximum Gasteiger partial charge on any atom is 0.316 e. The Labute approximate surface area is 161 Å². The number of H-pyrrole nitrogens is 1. The first-order valence-electron chi connectivity index (χ1n) is 9.70. The van der Waals surface area contributed by atoms with Gasteiger partial charge in [0.1, 0.15) is 11.7 Å². The van der Waals surface area contributed by atoms with Crippen LogP contribution in [0.5, 0.6) is 0 Å².